The Kier molecular flexibility index (Phi) is 8.79. The van der Waals surface area contributed by atoms with E-state index in [1.54, 1.807) is 6.20 Å². The first-order valence-corrected chi connectivity index (χ1v) is 14.4. The number of nitrogens with zero attached hydrogens (tertiary/aromatic N) is 3. The molecule has 42 heavy (non-hydrogen) atoms. The summed E-state index contributed by atoms with van der Waals surface area (Å²) in [5.74, 6) is -5.10. The maximum atomic E-state index is 13.9. The lowest BCUT2D eigenvalue weighted by Crippen LogP contribution is -2.46. The first kappa shape index (κ1) is 29.9. The van der Waals surface area contributed by atoms with E-state index in [1.807, 2.05) is 17.0 Å². The van der Waals surface area contributed by atoms with Gasteiger partial charge in [-0.05, 0) is 80.0 Å². The van der Waals surface area contributed by atoms with Gasteiger partial charge in [0.2, 0.25) is 5.88 Å². The van der Waals surface area contributed by atoms with Crippen LogP contribution >= 0.6 is 0 Å². The number of phenolic OH excluding ortho intramolecular Hbond substituents is 1. The molecule has 228 valence electrons. The largest absolute Gasteiger partial charge is 0.508 e. The third-order valence-electron chi connectivity index (χ3n) is 8.36. The highest BCUT2D eigenvalue weighted by Crippen LogP contribution is 2.45. The molecule has 3 aliphatic rings. The number of hydrogen-bond acceptors (Lipinski definition) is 6. The van der Waals surface area contributed by atoms with Crippen LogP contribution in [0.4, 0.5) is 23.2 Å². The molecule has 1 saturated heterocycles. The summed E-state index contributed by atoms with van der Waals surface area (Å²) < 4.78 is 59.7. The van der Waals surface area contributed by atoms with Gasteiger partial charge in [0.25, 0.3) is 5.91 Å². The summed E-state index contributed by atoms with van der Waals surface area (Å²) in [7, 11) is 0. The fourth-order valence-electron chi connectivity index (χ4n) is 5.69. The highest BCUT2D eigenvalue weighted by atomic mass is 19.3. The molecular formula is C30H35F4N3O5. The molecule has 1 aromatic heterocycles. The van der Waals surface area contributed by atoms with Gasteiger partial charge in [0.05, 0.1) is 30.8 Å². The molecule has 2 N–H and O–H groups in total. The average Bonchev–Trinajstić information content (AvgIpc) is 3.88. The molecule has 1 unspecified atom stereocenters. The Morgan fingerprint density at radius 3 is 2.40 bits per heavy atom. The van der Waals surface area contributed by atoms with Gasteiger partial charge in [-0.25, -0.2) is 13.8 Å². The van der Waals surface area contributed by atoms with Crippen molar-refractivity contribution in [2.75, 3.05) is 31.1 Å². The number of alkyl halides is 4. The standard InChI is InChI=1S/C30H35F4N3O5/c31-29(32)30(33,34)17-37(21-3-4-21)28(41)23-6-5-22(38)14-25(23)36-11-8-18(9-12-36)16-42-26-13-20(7-10-35-26)24(15-27(39)40)19-1-2-19/h5-7,10,13-14,18-19,21,24,29,38H,1-4,8-9,11-12,15-17H2,(H,39,40). The number of pyridine rings is 1. The summed E-state index contributed by atoms with van der Waals surface area (Å²) in [6.07, 6.45) is 2.17. The number of amides is 1. The van der Waals surface area contributed by atoms with Crippen LogP contribution in [0, 0.1) is 11.8 Å². The minimum Gasteiger partial charge on any atom is -0.508 e. The number of piperidine rings is 1. The second-order valence-electron chi connectivity index (χ2n) is 11.6. The van der Waals surface area contributed by atoms with Crippen LogP contribution in [0.2, 0.25) is 0 Å². The maximum absolute atomic E-state index is 13.9. The van der Waals surface area contributed by atoms with Crippen molar-refractivity contribution in [3.63, 3.8) is 0 Å². The SMILES string of the molecule is O=C(O)CC(c1ccnc(OCC2CCN(c3cc(O)ccc3C(=O)N(CC(F)(F)C(F)F)C3CC3)CC2)c1)C1CC1. The van der Waals surface area contributed by atoms with E-state index in [9.17, 15) is 37.4 Å². The first-order chi connectivity index (χ1) is 20.0. The summed E-state index contributed by atoms with van der Waals surface area (Å²) in [6.45, 7) is 0.0383. The topological polar surface area (TPSA) is 103 Å². The van der Waals surface area contributed by atoms with E-state index in [1.165, 1.54) is 18.2 Å². The van der Waals surface area contributed by atoms with Gasteiger partial charge in [-0.1, -0.05) is 0 Å². The van der Waals surface area contributed by atoms with Crippen molar-refractivity contribution in [3.8, 4) is 11.6 Å². The number of benzene rings is 1. The molecule has 0 spiro atoms. The molecular weight excluding hydrogens is 558 g/mol. The Morgan fingerprint density at radius 2 is 1.79 bits per heavy atom. The van der Waals surface area contributed by atoms with E-state index in [2.05, 4.69) is 4.98 Å². The number of carbonyl (C=O) groups is 2. The molecule has 2 heterocycles. The quantitative estimate of drug-likeness (QED) is 0.294. The number of hydrogen-bond donors (Lipinski definition) is 2. The van der Waals surface area contributed by atoms with Crippen molar-refractivity contribution in [1.82, 2.24) is 9.88 Å². The summed E-state index contributed by atoms with van der Waals surface area (Å²) in [6, 6.07) is 7.19. The second-order valence-corrected chi connectivity index (χ2v) is 11.6. The van der Waals surface area contributed by atoms with E-state index in [4.69, 9.17) is 4.74 Å². The Balaban J connectivity index is 1.21. The van der Waals surface area contributed by atoms with E-state index < -0.39 is 36.8 Å². The zero-order valence-electron chi connectivity index (χ0n) is 23.1. The van der Waals surface area contributed by atoms with Crippen LogP contribution in [0.3, 0.4) is 0 Å². The maximum Gasteiger partial charge on any atom is 0.324 e. The number of carboxylic acids is 1. The summed E-state index contributed by atoms with van der Waals surface area (Å²) in [5.41, 5.74) is 1.38. The molecule has 2 aromatic rings. The molecule has 0 radical (unpaired) electrons. The Hall–Kier alpha value is -3.57. The van der Waals surface area contributed by atoms with Crippen LogP contribution in [-0.4, -0.2) is 76.6 Å². The van der Waals surface area contributed by atoms with Crippen LogP contribution < -0.4 is 9.64 Å². The third kappa shape index (κ3) is 7.25. The van der Waals surface area contributed by atoms with Gasteiger partial charge in [0.1, 0.15) is 5.75 Å². The molecule has 1 aliphatic heterocycles. The lowest BCUT2D eigenvalue weighted by Gasteiger charge is -2.35. The number of anilines is 1. The van der Waals surface area contributed by atoms with Crippen molar-refractivity contribution in [2.45, 2.75) is 69.3 Å². The molecule has 12 heteroatoms. The first-order valence-electron chi connectivity index (χ1n) is 14.4. The van der Waals surface area contributed by atoms with Crippen LogP contribution in [-0.2, 0) is 4.79 Å². The van der Waals surface area contributed by atoms with E-state index in [-0.39, 0.29) is 29.6 Å². The second kappa shape index (κ2) is 12.3. The van der Waals surface area contributed by atoms with Crippen molar-refractivity contribution in [1.29, 1.82) is 0 Å². The highest BCUT2D eigenvalue weighted by molar-refractivity contribution is 6.00. The predicted molar refractivity (Wildman–Crippen MR) is 146 cm³/mol. The molecule has 2 saturated carbocycles. The number of ether oxygens (including phenoxy) is 1. The highest BCUT2D eigenvalue weighted by Gasteiger charge is 2.47. The Bertz CT molecular complexity index is 1280. The molecule has 3 fully saturated rings. The van der Waals surface area contributed by atoms with Crippen LogP contribution in [0.25, 0.3) is 0 Å². The summed E-state index contributed by atoms with van der Waals surface area (Å²) >= 11 is 0. The van der Waals surface area contributed by atoms with Crippen molar-refractivity contribution in [3.05, 3.63) is 47.7 Å². The van der Waals surface area contributed by atoms with Gasteiger partial charge in [-0.15, -0.1) is 0 Å². The van der Waals surface area contributed by atoms with Gasteiger partial charge in [-0.2, -0.15) is 8.78 Å². The predicted octanol–water partition coefficient (Wildman–Crippen LogP) is 5.56. The molecule has 5 rings (SSSR count). The zero-order chi connectivity index (χ0) is 30.0. The van der Waals surface area contributed by atoms with Gasteiger partial charge in [0, 0.05) is 37.5 Å². The molecule has 0 bridgehead atoms. The van der Waals surface area contributed by atoms with Crippen LogP contribution in [0.15, 0.2) is 36.5 Å². The average molecular weight is 594 g/mol. The van der Waals surface area contributed by atoms with Crippen molar-refractivity contribution in [2.24, 2.45) is 11.8 Å². The Morgan fingerprint density at radius 1 is 1.07 bits per heavy atom. The normalized spacial score (nSPS) is 18.6. The van der Waals surface area contributed by atoms with Gasteiger partial charge >= 0.3 is 18.3 Å². The number of aromatic hydroxyl groups is 1. The number of carbonyl (C=O) groups excluding carboxylic acids is 1. The smallest absolute Gasteiger partial charge is 0.324 e. The number of phenols is 1. The lowest BCUT2D eigenvalue weighted by molar-refractivity contribution is -0.138. The Labute approximate surface area is 241 Å². The van der Waals surface area contributed by atoms with Crippen molar-refractivity contribution >= 4 is 17.6 Å². The lowest BCUT2D eigenvalue weighted by atomic mass is 9.92. The summed E-state index contributed by atoms with van der Waals surface area (Å²) in [4.78, 5) is 31.8. The van der Waals surface area contributed by atoms with Crippen molar-refractivity contribution < 1.29 is 42.1 Å². The fraction of sp³-hybridized carbons (Fsp3) is 0.567. The van der Waals surface area contributed by atoms with E-state index in [0.717, 1.165) is 23.3 Å². The third-order valence-corrected chi connectivity index (χ3v) is 8.36. The monoisotopic (exact) mass is 593 g/mol. The minimum absolute atomic E-state index is 0.0623. The molecule has 2 aliphatic carbocycles. The molecule has 8 nitrogen and oxygen atoms in total. The number of halogens is 4. The number of aliphatic carboxylic acids is 1. The van der Waals surface area contributed by atoms with E-state index >= 15 is 0 Å². The van der Waals surface area contributed by atoms with Crippen LogP contribution in [0.1, 0.15) is 66.8 Å². The molecule has 1 aromatic carbocycles. The van der Waals surface area contributed by atoms with Gasteiger partial charge in [0.15, 0.2) is 0 Å². The zero-order valence-corrected chi connectivity index (χ0v) is 23.1. The van der Waals surface area contributed by atoms with Crippen LogP contribution in [0.5, 0.6) is 11.6 Å². The van der Waals surface area contributed by atoms with E-state index in [0.29, 0.717) is 62.9 Å². The molecule has 1 atom stereocenters. The van der Waals surface area contributed by atoms with Gasteiger partial charge < -0.3 is 24.7 Å². The number of rotatable bonds is 13. The summed E-state index contributed by atoms with van der Waals surface area (Å²) in [5, 5.41) is 19.5. The fourth-order valence-corrected chi connectivity index (χ4v) is 5.69. The minimum atomic E-state index is -4.32. The number of aromatic nitrogens is 1. The molecule has 1 amide bonds. The van der Waals surface area contributed by atoms with Gasteiger partial charge in [-0.3, -0.25) is 9.59 Å². The number of carboxylic acid groups (broad SMARTS) is 1.